The topological polar surface area (TPSA) is 15.3 Å². The van der Waals surface area contributed by atoms with Crippen LogP contribution in [0.1, 0.15) is 71.1 Å². The van der Waals surface area contributed by atoms with Gasteiger partial charge >= 0.3 is 0 Å². The molecule has 1 aliphatic heterocycles. The van der Waals surface area contributed by atoms with Crippen molar-refractivity contribution in [3.63, 3.8) is 0 Å². The Morgan fingerprint density at radius 2 is 1.53 bits per heavy atom. The van der Waals surface area contributed by atoms with Crippen molar-refractivity contribution in [1.82, 2.24) is 10.2 Å². The Labute approximate surface area is 120 Å². The summed E-state index contributed by atoms with van der Waals surface area (Å²) in [6.07, 6.45) is 14.3. The second-order valence-electron chi connectivity index (χ2n) is 6.87. The van der Waals surface area contributed by atoms with E-state index in [-0.39, 0.29) is 0 Å². The van der Waals surface area contributed by atoms with Gasteiger partial charge in [0.2, 0.25) is 0 Å². The van der Waals surface area contributed by atoms with Crippen LogP contribution < -0.4 is 5.32 Å². The van der Waals surface area contributed by atoms with Crippen LogP contribution in [0.15, 0.2) is 0 Å². The molecule has 2 nitrogen and oxygen atoms in total. The molecular weight excluding hydrogens is 232 g/mol. The van der Waals surface area contributed by atoms with E-state index >= 15 is 0 Å². The zero-order chi connectivity index (χ0) is 13.3. The van der Waals surface area contributed by atoms with Gasteiger partial charge in [-0.05, 0) is 64.2 Å². The fraction of sp³-hybridized carbons (Fsp3) is 1.00. The second kappa shape index (κ2) is 8.97. The van der Waals surface area contributed by atoms with E-state index in [4.69, 9.17) is 0 Å². The first-order valence-corrected chi connectivity index (χ1v) is 8.80. The number of nitrogens with zero attached hydrogens (tertiary/aromatic N) is 1. The van der Waals surface area contributed by atoms with Crippen LogP contribution in [0.25, 0.3) is 0 Å². The molecule has 1 saturated heterocycles. The quantitative estimate of drug-likeness (QED) is 0.761. The van der Waals surface area contributed by atoms with Gasteiger partial charge in [-0.2, -0.15) is 0 Å². The summed E-state index contributed by atoms with van der Waals surface area (Å²) in [5.74, 6) is 0.962. The molecule has 1 saturated carbocycles. The van der Waals surface area contributed by atoms with Crippen LogP contribution in [0.3, 0.4) is 0 Å². The van der Waals surface area contributed by atoms with Crippen molar-refractivity contribution >= 4 is 0 Å². The third kappa shape index (κ3) is 6.27. The minimum absolute atomic E-state index is 0.821. The molecule has 0 amide bonds. The molecule has 0 bridgehead atoms. The van der Waals surface area contributed by atoms with E-state index in [1.54, 1.807) is 0 Å². The molecule has 2 heteroatoms. The number of hydrogen-bond acceptors (Lipinski definition) is 2. The van der Waals surface area contributed by atoms with E-state index in [1.807, 2.05) is 0 Å². The number of likely N-dealkylation sites (tertiary alicyclic amines) is 1. The first kappa shape index (κ1) is 15.3. The Kier molecular flexibility index (Phi) is 7.23. The Hall–Kier alpha value is -0.0800. The van der Waals surface area contributed by atoms with E-state index in [0.29, 0.717) is 0 Å². The van der Waals surface area contributed by atoms with E-state index < -0.39 is 0 Å². The minimum atomic E-state index is 0.821. The summed E-state index contributed by atoms with van der Waals surface area (Å²) in [5.41, 5.74) is 0. The molecule has 0 aromatic carbocycles. The van der Waals surface area contributed by atoms with Crippen molar-refractivity contribution in [1.29, 1.82) is 0 Å². The third-order valence-electron chi connectivity index (χ3n) is 5.07. The maximum Gasteiger partial charge on any atom is 0.00670 e. The van der Waals surface area contributed by atoms with Gasteiger partial charge in [0.15, 0.2) is 0 Å². The minimum Gasteiger partial charge on any atom is -0.314 e. The zero-order valence-corrected chi connectivity index (χ0v) is 13.0. The molecule has 1 heterocycles. The molecule has 2 rings (SSSR count). The molecule has 0 unspecified atom stereocenters. The highest BCUT2D eigenvalue weighted by Crippen LogP contribution is 2.17. The number of hydrogen-bond donors (Lipinski definition) is 1. The lowest BCUT2D eigenvalue weighted by Crippen LogP contribution is -2.36. The molecule has 0 atom stereocenters. The average Bonchev–Trinajstić information content (AvgIpc) is 2.38. The van der Waals surface area contributed by atoms with Crippen LogP contribution in [0.2, 0.25) is 0 Å². The van der Waals surface area contributed by atoms with Crippen molar-refractivity contribution < 1.29 is 0 Å². The third-order valence-corrected chi connectivity index (χ3v) is 5.07. The predicted octanol–water partition coefficient (Wildman–Crippen LogP) is 3.81. The summed E-state index contributed by atoms with van der Waals surface area (Å²) in [6, 6.07) is 0.821. The largest absolute Gasteiger partial charge is 0.314 e. The summed E-state index contributed by atoms with van der Waals surface area (Å²) in [6.45, 7) is 7.62. The molecule has 0 aromatic rings. The maximum atomic E-state index is 3.81. The SMILES string of the molecule is CC1CCN(CCCNC2CCCCCCC2)CC1. The summed E-state index contributed by atoms with van der Waals surface area (Å²) >= 11 is 0. The monoisotopic (exact) mass is 266 g/mol. The van der Waals surface area contributed by atoms with Crippen molar-refractivity contribution in [3.8, 4) is 0 Å². The molecular formula is C17H34N2. The molecule has 112 valence electrons. The Morgan fingerprint density at radius 3 is 2.21 bits per heavy atom. The maximum absolute atomic E-state index is 3.81. The fourth-order valence-electron chi connectivity index (χ4n) is 3.55. The van der Waals surface area contributed by atoms with Crippen LogP contribution in [0, 0.1) is 5.92 Å². The zero-order valence-electron chi connectivity index (χ0n) is 13.0. The number of piperidine rings is 1. The van der Waals surface area contributed by atoms with Crippen molar-refractivity contribution in [3.05, 3.63) is 0 Å². The van der Waals surface area contributed by atoms with Gasteiger partial charge in [-0.15, -0.1) is 0 Å². The standard InChI is InChI=1S/C17H34N2/c1-16-10-14-19(15-11-16)13-7-12-18-17-8-5-3-2-4-6-9-17/h16-18H,2-15H2,1H3. The van der Waals surface area contributed by atoms with Crippen molar-refractivity contribution in [2.24, 2.45) is 5.92 Å². The van der Waals surface area contributed by atoms with Crippen LogP contribution in [-0.4, -0.2) is 37.1 Å². The van der Waals surface area contributed by atoms with Gasteiger partial charge in [0.1, 0.15) is 0 Å². The van der Waals surface area contributed by atoms with E-state index in [0.717, 1.165) is 12.0 Å². The highest BCUT2D eigenvalue weighted by molar-refractivity contribution is 4.72. The van der Waals surface area contributed by atoms with E-state index in [2.05, 4.69) is 17.1 Å². The smallest absolute Gasteiger partial charge is 0.00670 e. The Bertz CT molecular complexity index is 213. The van der Waals surface area contributed by atoms with Gasteiger partial charge in [-0.1, -0.05) is 39.0 Å². The lowest BCUT2D eigenvalue weighted by molar-refractivity contribution is 0.189. The summed E-state index contributed by atoms with van der Waals surface area (Å²) in [7, 11) is 0. The molecule has 2 aliphatic rings. The molecule has 19 heavy (non-hydrogen) atoms. The highest BCUT2D eigenvalue weighted by atomic mass is 15.1. The summed E-state index contributed by atoms with van der Waals surface area (Å²) < 4.78 is 0. The lowest BCUT2D eigenvalue weighted by atomic mass is 9.96. The molecule has 2 fully saturated rings. The van der Waals surface area contributed by atoms with Crippen LogP contribution in [0.4, 0.5) is 0 Å². The van der Waals surface area contributed by atoms with Gasteiger partial charge in [0.05, 0.1) is 0 Å². The summed E-state index contributed by atoms with van der Waals surface area (Å²) in [5, 5.41) is 3.81. The van der Waals surface area contributed by atoms with Gasteiger partial charge in [-0.25, -0.2) is 0 Å². The van der Waals surface area contributed by atoms with Gasteiger partial charge < -0.3 is 10.2 Å². The first-order valence-electron chi connectivity index (χ1n) is 8.80. The average molecular weight is 266 g/mol. The van der Waals surface area contributed by atoms with Crippen LogP contribution >= 0.6 is 0 Å². The van der Waals surface area contributed by atoms with Crippen LogP contribution in [-0.2, 0) is 0 Å². The van der Waals surface area contributed by atoms with Crippen LogP contribution in [0.5, 0.6) is 0 Å². The van der Waals surface area contributed by atoms with Crippen molar-refractivity contribution in [2.45, 2.75) is 77.2 Å². The second-order valence-corrected chi connectivity index (χ2v) is 6.87. The molecule has 0 aromatic heterocycles. The Morgan fingerprint density at radius 1 is 0.895 bits per heavy atom. The number of rotatable bonds is 5. The van der Waals surface area contributed by atoms with E-state index in [1.165, 1.54) is 90.4 Å². The molecule has 0 spiro atoms. The number of nitrogens with one attached hydrogen (secondary N) is 1. The predicted molar refractivity (Wildman–Crippen MR) is 83.6 cm³/mol. The fourth-order valence-corrected chi connectivity index (χ4v) is 3.55. The van der Waals surface area contributed by atoms with Gasteiger partial charge in [0, 0.05) is 6.04 Å². The summed E-state index contributed by atoms with van der Waals surface area (Å²) in [4.78, 5) is 2.67. The molecule has 0 radical (unpaired) electrons. The lowest BCUT2D eigenvalue weighted by Gasteiger charge is -2.30. The van der Waals surface area contributed by atoms with Gasteiger partial charge in [-0.3, -0.25) is 0 Å². The van der Waals surface area contributed by atoms with Crippen molar-refractivity contribution in [2.75, 3.05) is 26.2 Å². The van der Waals surface area contributed by atoms with E-state index in [9.17, 15) is 0 Å². The Balaban J connectivity index is 1.51. The molecule has 1 N–H and O–H groups in total. The van der Waals surface area contributed by atoms with Gasteiger partial charge in [0.25, 0.3) is 0 Å². The highest BCUT2D eigenvalue weighted by Gasteiger charge is 2.15. The first-order chi connectivity index (χ1) is 9.34. The normalized spacial score (nSPS) is 25.1. The molecule has 1 aliphatic carbocycles.